The van der Waals surface area contributed by atoms with Crippen LogP contribution in [0.5, 0.6) is 0 Å². The van der Waals surface area contributed by atoms with E-state index in [2.05, 4.69) is 15.6 Å². The quantitative estimate of drug-likeness (QED) is 0.626. The Kier molecular flexibility index (Phi) is 2.00. The average molecular weight is 180 g/mol. The number of hydrogen-bond donors (Lipinski definition) is 1. The molecule has 0 spiro atoms. The Morgan fingerprint density at radius 1 is 1.46 bits per heavy atom. The van der Waals surface area contributed by atoms with Crippen LogP contribution in [0.3, 0.4) is 0 Å². The summed E-state index contributed by atoms with van der Waals surface area (Å²) in [6.07, 6.45) is 4.14. The van der Waals surface area contributed by atoms with Gasteiger partial charge in [-0.15, -0.1) is 5.10 Å². The van der Waals surface area contributed by atoms with Crippen LogP contribution in [0.4, 0.5) is 4.79 Å². The zero-order chi connectivity index (χ0) is 9.26. The molecule has 1 N–H and O–H groups in total. The van der Waals surface area contributed by atoms with E-state index in [1.165, 1.54) is 4.68 Å². The highest BCUT2D eigenvalue weighted by Gasteiger charge is 2.19. The second-order valence-electron chi connectivity index (χ2n) is 3.16. The number of aromatic nitrogens is 3. The van der Waals surface area contributed by atoms with Crippen LogP contribution in [0, 0.1) is 0 Å². The SMILES string of the molecule is CNC(=O)n1nnc2c1CCCC2. The topological polar surface area (TPSA) is 59.8 Å². The normalized spacial score (nSPS) is 15.2. The van der Waals surface area contributed by atoms with Crippen LogP contribution in [0.1, 0.15) is 24.2 Å². The molecular weight excluding hydrogens is 168 g/mol. The lowest BCUT2D eigenvalue weighted by Crippen LogP contribution is -2.27. The van der Waals surface area contributed by atoms with Gasteiger partial charge in [-0.3, -0.25) is 0 Å². The minimum Gasteiger partial charge on any atom is -0.339 e. The first kappa shape index (κ1) is 8.22. The van der Waals surface area contributed by atoms with Crippen LogP contribution in [0.15, 0.2) is 0 Å². The number of nitrogens with one attached hydrogen (secondary N) is 1. The minimum atomic E-state index is -0.198. The molecule has 0 radical (unpaired) electrons. The Hall–Kier alpha value is -1.39. The standard InChI is InChI=1S/C8H12N4O/c1-9-8(13)12-7-5-3-2-4-6(7)10-11-12/h2-5H2,1H3,(H,9,13). The van der Waals surface area contributed by atoms with Crippen molar-refractivity contribution in [3.05, 3.63) is 11.4 Å². The first-order chi connectivity index (χ1) is 6.33. The highest BCUT2D eigenvalue weighted by molar-refractivity contribution is 5.76. The molecule has 5 heteroatoms. The van der Waals surface area contributed by atoms with E-state index >= 15 is 0 Å². The van der Waals surface area contributed by atoms with Crippen molar-refractivity contribution in [3.8, 4) is 0 Å². The Bertz CT molecular complexity index is 331. The molecule has 0 unspecified atom stereocenters. The monoisotopic (exact) mass is 180 g/mol. The molecule has 0 atom stereocenters. The summed E-state index contributed by atoms with van der Waals surface area (Å²) in [5, 5.41) is 10.3. The number of hydrogen-bond acceptors (Lipinski definition) is 3. The molecule has 1 aromatic rings. The molecule has 0 bridgehead atoms. The van der Waals surface area contributed by atoms with Gasteiger partial charge in [0.1, 0.15) is 0 Å². The van der Waals surface area contributed by atoms with Crippen LogP contribution in [-0.4, -0.2) is 28.1 Å². The van der Waals surface area contributed by atoms with E-state index < -0.39 is 0 Å². The van der Waals surface area contributed by atoms with Gasteiger partial charge in [0, 0.05) is 7.05 Å². The summed E-state index contributed by atoms with van der Waals surface area (Å²) in [5.74, 6) is 0. The van der Waals surface area contributed by atoms with E-state index in [0.717, 1.165) is 37.1 Å². The zero-order valence-electron chi connectivity index (χ0n) is 7.58. The van der Waals surface area contributed by atoms with E-state index in [-0.39, 0.29) is 6.03 Å². The van der Waals surface area contributed by atoms with E-state index in [4.69, 9.17) is 0 Å². The van der Waals surface area contributed by atoms with Crippen LogP contribution in [0.2, 0.25) is 0 Å². The van der Waals surface area contributed by atoms with Gasteiger partial charge in [0.05, 0.1) is 11.4 Å². The second-order valence-corrected chi connectivity index (χ2v) is 3.16. The molecule has 0 fully saturated rings. The number of carbonyl (C=O) groups excluding carboxylic acids is 1. The van der Waals surface area contributed by atoms with Crippen LogP contribution >= 0.6 is 0 Å². The van der Waals surface area contributed by atoms with E-state index in [9.17, 15) is 4.79 Å². The molecule has 1 aliphatic rings. The Morgan fingerprint density at radius 3 is 3.00 bits per heavy atom. The predicted octanol–water partition coefficient (Wildman–Crippen LogP) is 0.344. The van der Waals surface area contributed by atoms with Crippen LogP contribution in [-0.2, 0) is 12.8 Å². The van der Waals surface area contributed by atoms with Crippen molar-refractivity contribution in [1.82, 2.24) is 20.3 Å². The number of aryl methyl sites for hydroxylation is 1. The smallest absolute Gasteiger partial charge is 0.339 e. The fraction of sp³-hybridized carbons (Fsp3) is 0.625. The molecule has 0 saturated carbocycles. The average Bonchev–Trinajstić information content (AvgIpc) is 2.60. The van der Waals surface area contributed by atoms with Gasteiger partial charge in [0.25, 0.3) is 0 Å². The lowest BCUT2D eigenvalue weighted by Gasteiger charge is -2.10. The minimum absolute atomic E-state index is 0.198. The van der Waals surface area contributed by atoms with Gasteiger partial charge in [0.2, 0.25) is 0 Å². The first-order valence-electron chi connectivity index (χ1n) is 4.48. The van der Waals surface area contributed by atoms with Gasteiger partial charge in [-0.1, -0.05) is 5.21 Å². The first-order valence-corrected chi connectivity index (χ1v) is 4.48. The number of rotatable bonds is 0. The molecule has 1 amide bonds. The van der Waals surface area contributed by atoms with Crippen LogP contribution in [0.25, 0.3) is 0 Å². The van der Waals surface area contributed by atoms with E-state index in [1.54, 1.807) is 7.05 Å². The fourth-order valence-corrected chi connectivity index (χ4v) is 1.63. The molecule has 1 heterocycles. The molecule has 0 aliphatic heterocycles. The van der Waals surface area contributed by atoms with Gasteiger partial charge >= 0.3 is 6.03 Å². The molecule has 5 nitrogen and oxygen atoms in total. The number of fused-ring (bicyclic) bond motifs is 1. The van der Waals surface area contributed by atoms with Crippen molar-refractivity contribution in [3.63, 3.8) is 0 Å². The summed E-state index contributed by atoms with van der Waals surface area (Å²) < 4.78 is 1.37. The molecule has 2 rings (SSSR count). The summed E-state index contributed by atoms with van der Waals surface area (Å²) >= 11 is 0. The van der Waals surface area contributed by atoms with Gasteiger partial charge in [0.15, 0.2) is 0 Å². The van der Waals surface area contributed by atoms with Crippen molar-refractivity contribution in [2.45, 2.75) is 25.7 Å². The van der Waals surface area contributed by atoms with Gasteiger partial charge in [-0.05, 0) is 25.7 Å². The Morgan fingerprint density at radius 2 is 2.23 bits per heavy atom. The van der Waals surface area contributed by atoms with Crippen molar-refractivity contribution >= 4 is 6.03 Å². The maximum absolute atomic E-state index is 11.3. The highest BCUT2D eigenvalue weighted by atomic mass is 16.2. The van der Waals surface area contributed by atoms with Gasteiger partial charge in [-0.2, -0.15) is 4.68 Å². The van der Waals surface area contributed by atoms with Crippen molar-refractivity contribution in [2.24, 2.45) is 0 Å². The zero-order valence-corrected chi connectivity index (χ0v) is 7.58. The van der Waals surface area contributed by atoms with E-state index in [1.807, 2.05) is 0 Å². The lowest BCUT2D eigenvalue weighted by molar-refractivity contribution is 0.240. The van der Waals surface area contributed by atoms with Gasteiger partial charge < -0.3 is 5.32 Å². The maximum atomic E-state index is 11.3. The van der Waals surface area contributed by atoms with E-state index in [0.29, 0.717) is 0 Å². The largest absolute Gasteiger partial charge is 0.343 e. The highest BCUT2D eigenvalue weighted by Crippen LogP contribution is 2.17. The van der Waals surface area contributed by atoms with Gasteiger partial charge in [-0.25, -0.2) is 4.79 Å². The van der Waals surface area contributed by atoms with Crippen molar-refractivity contribution in [2.75, 3.05) is 7.05 Å². The summed E-state index contributed by atoms with van der Waals surface area (Å²) in [7, 11) is 1.60. The third kappa shape index (κ3) is 1.30. The molecule has 70 valence electrons. The Labute approximate surface area is 76.1 Å². The lowest BCUT2D eigenvalue weighted by atomic mass is 10.0. The Balaban J connectivity index is 2.36. The third-order valence-corrected chi connectivity index (χ3v) is 2.33. The molecule has 1 aromatic heterocycles. The summed E-state index contributed by atoms with van der Waals surface area (Å²) in [5.41, 5.74) is 1.96. The summed E-state index contributed by atoms with van der Waals surface area (Å²) in [6, 6.07) is -0.198. The molecule has 13 heavy (non-hydrogen) atoms. The molecule has 0 saturated heterocycles. The summed E-state index contributed by atoms with van der Waals surface area (Å²) in [6.45, 7) is 0. The second kappa shape index (κ2) is 3.16. The predicted molar refractivity (Wildman–Crippen MR) is 46.5 cm³/mol. The third-order valence-electron chi connectivity index (χ3n) is 2.33. The molecule has 0 aromatic carbocycles. The van der Waals surface area contributed by atoms with Crippen molar-refractivity contribution < 1.29 is 4.79 Å². The number of nitrogens with zero attached hydrogens (tertiary/aromatic N) is 3. The summed E-state index contributed by atoms with van der Waals surface area (Å²) in [4.78, 5) is 11.3. The maximum Gasteiger partial charge on any atom is 0.343 e. The van der Waals surface area contributed by atoms with Crippen LogP contribution < -0.4 is 5.32 Å². The molecular formula is C8H12N4O. The number of amides is 1. The number of carbonyl (C=O) groups is 1. The fourth-order valence-electron chi connectivity index (χ4n) is 1.63. The van der Waals surface area contributed by atoms with Crippen molar-refractivity contribution in [1.29, 1.82) is 0 Å². The molecule has 1 aliphatic carbocycles.